The second-order valence-corrected chi connectivity index (χ2v) is 5.77. The van der Waals surface area contributed by atoms with Gasteiger partial charge in [0.25, 0.3) is 0 Å². The van der Waals surface area contributed by atoms with Crippen LogP contribution in [0.3, 0.4) is 0 Å². The molecule has 0 saturated carbocycles. The van der Waals surface area contributed by atoms with E-state index in [2.05, 4.69) is 29.4 Å². The van der Waals surface area contributed by atoms with Crippen LogP contribution in [0.2, 0.25) is 0 Å². The van der Waals surface area contributed by atoms with Gasteiger partial charge in [-0.2, -0.15) is 0 Å². The van der Waals surface area contributed by atoms with Crippen LogP contribution in [0.25, 0.3) is 11.5 Å². The van der Waals surface area contributed by atoms with Crippen molar-refractivity contribution >= 4 is 5.91 Å². The van der Waals surface area contributed by atoms with Gasteiger partial charge in [0.15, 0.2) is 0 Å². The summed E-state index contributed by atoms with van der Waals surface area (Å²) < 4.78 is 10.7. The van der Waals surface area contributed by atoms with E-state index in [1.165, 1.54) is 5.56 Å². The number of aryl methyl sites for hydroxylation is 3. The number of ether oxygens (including phenoxy) is 1. The average molecular weight is 330 g/mol. The van der Waals surface area contributed by atoms with Gasteiger partial charge in [0.1, 0.15) is 5.76 Å². The van der Waals surface area contributed by atoms with Crippen LogP contribution in [0, 0.1) is 6.92 Å². The first-order chi connectivity index (χ1) is 11.6. The van der Waals surface area contributed by atoms with Gasteiger partial charge in [0.05, 0.1) is 12.3 Å². The van der Waals surface area contributed by atoms with E-state index in [0.29, 0.717) is 25.5 Å². The topological polar surface area (TPSA) is 64.4 Å². The van der Waals surface area contributed by atoms with Crippen LogP contribution in [-0.2, 0) is 22.4 Å². The summed E-state index contributed by atoms with van der Waals surface area (Å²) >= 11 is 0. The van der Waals surface area contributed by atoms with Crippen molar-refractivity contribution in [2.75, 3.05) is 20.3 Å². The summed E-state index contributed by atoms with van der Waals surface area (Å²) in [5.41, 5.74) is 3.20. The minimum Gasteiger partial charge on any atom is -0.441 e. The zero-order valence-electron chi connectivity index (χ0n) is 14.7. The SMILES string of the molecule is CCc1ccc(-c2nc(CCCC(=O)NCCOC)c(C)o2)cc1. The normalized spacial score (nSPS) is 10.8. The number of carbonyl (C=O) groups is 1. The van der Waals surface area contributed by atoms with Crippen LogP contribution in [0.4, 0.5) is 0 Å². The molecule has 130 valence electrons. The van der Waals surface area contributed by atoms with E-state index >= 15 is 0 Å². The van der Waals surface area contributed by atoms with Crippen LogP contribution >= 0.6 is 0 Å². The predicted molar refractivity (Wildman–Crippen MR) is 93.9 cm³/mol. The lowest BCUT2D eigenvalue weighted by Gasteiger charge is -2.03. The van der Waals surface area contributed by atoms with E-state index in [1.54, 1.807) is 7.11 Å². The zero-order chi connectivity index (χ0) is 17.4. The second kappa shape index (κ2) is 9.23. The molecule has 2 rings (SSSR count). The molecule has 0 aliphatic rings. The van der Waals surface area contributed by atoms with Crippen LogP contribution in [0.5, 0.6) is 0 Å². The molecule has 0 aliphatic carbocycles. The Labute approximate surface area is 143 Å². The van der Waals surface area contributed by atoms with Crippen molar-refractivity contribution in [3.63, 3.8) is 0 Å². The van der Waals surface area contributed by atoms with Crippen LogP contribution in [0.1, 0.15) is 36.8 Å². The average Bonchev–Trinajstić information content (AvgIpc) is 2.96. The molecule has 0 saturated heterocycles. The lowest BCUT2D eigenvalue weighted by molar-refractivity contribution is -0.121. The van der Waals surface area contributed by atoms with Gasteiger partial charge in [0.2, 0.25) is 11.8 Å². The Hall–Kier alpha value is -2.14. The number of nitrogens with zero attached hydrogens (tertiary/aromatic N) is 1. The monoisotopic (exact) mass is 330 g/mol. The maximum atomic E-state index is 11.7. The molecular formula is C19H26N2O3. The van der Waals surface area contributed by atoms with Crippen LogP contribution in [-0.4, -0.2) is 31.2 Å². The summed E-state index contributed by atoms with van der Waals surface area (Å²) in [6, 6.07) is 8.27. The van der Waals surface area contributed by atoms with Gasteiger partial charge in [-0.15, -0.1) is 0 Å². The third-order valence-corrected chi connectivity index (χ3v) is 3.95. The molecular weight excluding hydrogens is 304 g/mol. The molecule has 5 heteroatoms. The van der Waals surface area contributed by atoms with E-state index in [-0.39, 0.29) is 5.91 Å². The maximum Gasteiger partial charge on any atom is 0.226 e. The van der Waals surface area contributed by atoms with Gasteiger partial charge in [0, 0.05) is 25.6 Å². The zero-order valence-corrected chi connectivity index (χ0v) is 14.7. The number of hydrogen-bond acceptors (Lipinski definition) is 4. The van der Waals surface area contributed by atoms with E-state index < -0.39 is 0 Å². The van der Waals surface area contributed by atoms with Crippen molar-refractivity contribution in [1.82, 2.24) is 10.3 Å². The molecule has 5 nitrogen and oxygen atoms in total. The van der Waals surface area contributed by atoms with Crippen LogP contribution < -0.4 is 5.32 Å². The highest BCUT2D eigenvalue weighted by molar-refractivity contribution is 5.75. The standard InChI is InChI=1S/C19H26N2O3/c1-4-15-8-10-16(11-9-15)19-21-17(14(2)24-19)6-5-7-18(22)20-12-13-23-3/h8-11H,4-7,12-13H2,1-3H3,(H,20,22). The van der Waals surface area contributed by atoms with E-state index in [1.807, 2.05) is 19.1 Å². The number of nitrogens with one attached hydrogen (secondary N) is 1. The third kappa shape index (κ3) is 5.20. The number of rotatable bonds is 9. The molecule has 0 atom stereocenters. The smallest absolute Gasteiger partial charge is 0.226 e. The molecule has 0 aliphatic heterocycles. The van der Waals surface area contributed by atoms with E-state index in [9.17, 15) is 4.79 Å². The van der Waals surface area contributed by atoms with Gasteiger partial charge in [-0.25, -0.2) is 4.98 Å². The summed E-state index contributed by atoms with van der Waals surface area (Å²) in [7, 11) is 1.62. The molecule has 0 spiro atoms. The first kappa shape index (κ1) is 18.2. The van der Waals surface area contributed by atoms with Gasteiger partial charge >= 0.3 is 0 Å². The molecule has 0 unspecified atom stereocenters. The molecule has 1 aromatic carbocycles. The summed E-state index contributed by atoms with van der Waals surface area (Å²) in [6.07, 6.45) is 2.99. The maximum absolute atomic E-state index is 11.7. The Morgan fingerprint density at radius 3 is 2.71 bits per heavy atom. The summed E-state index contributed by atoms with van der Waals surface area (Å²) in [4.78, 5) is 16.3. The predicted octanol–water partition coefficient (Wildman–Crippen LogP) is 3.30. The molecule has 1 N–H and O–H groups in total. The highest BCUT2D eigenvalue weighted by Crippen LogP contribution is 2.23. The summed E-state index contributed by atoms with van der Waals surface area (Å²) in [5, 5.41) is 2.82. The molecule has 1 amide bonds. The van der Waals surface area contributed by atoms with Gasteiger partial charge in [-0.3, -0.25) is 4.79 Å². The molecule has 1 heterocycles. The highest BCUT2D eigenvalue weighted by Gasteiger charge is 2.12. The summed E-state index contributed by atoms with van der Waals surface area (Å²) in [6.45, 7) is 5.14. The third-order valence-electron chi connectivity index (χ3n) is 3.95. The van der Waals surface area contributed by atoms with E-state index in [0.717, 1.165) is 36.3 Å². The fourth-order valence-electron chi connectivity index (χ4n) is 2.46. The van der Waals surface area contributed by atoms with Crippen LogP contribution in [0.15, 0.2) is 28.7 Å². The Bertz CT molecular complexity index is 647. The Morgan fingerprint density at radius 1 is 1.29 bits per heavy atom. The lowest BCUT2D eigenvalue weighted by Crippen LogP contribution is -2.26. The molecule has 0 bridgehead atoms. The number of oxazole rings is 1. The largest absolute Gasteiger partial charge is 0.441 e. The minimum atomic E-state index is 0.0450. The van der Waals surface area contributed by atoms with Crippen molar-refractivity contribution in [1.29, 1.82) is 0 Å². The molecule has 1 aromatic heterocycles. The van der Waals surface area contributed by atoms with Crippen molar-refractivity contribution in [3.05, 3.63) is 41.3 Å². The fraction of sp³-hybridized carbons (Fsp3) is 0.474. The Balaban J connectivity index is 1.88. The van der Waals surface area contributed by atoms with Gasteiger partial charge < -0.3 is 14.5 Å². The number of aromatic nitrogens is 1. The number of hydrogen-bond donors (Lipinski definition) is 1. The van der Waals surface area contributed by atoms with E-state index in [4.69, 9.17) is 9.15 Å². The number of carbonyl (C=O) groups excluding carboxylic acids is 1. The Kier molecular flexibility index (Phi) is 7.00. The van der Waals surface area contributed by atoms with Crippen molar-refractivity contribution in [3.8, 4) is 11.5 Å². The molecule has 0 fully saturated rings. The number of benzene rings is 1. The first-order valence-corrected chi connectivity index (χ1v) is 8.45. The second-order valence-electron chi connectivity index (χ2n) is 5.77. The van der Waals surface area contributed by atoms with Gasteiger partial charge in [-0.1, -0.05) is 19.1 Å². The Morgan fingerprint density at radius 2 is 2.04 bits per heavy atom. The van der Waals surface area contributed by atoms with Crippen molar-refractivity contribution in [2.24, 2.45) is 0 Å². The van der Waals surface area contributed by atoms with Crippen molar-refractivity contribution in [2.45, 2.75) is 39.5 Å². The molecule has 2 aromatic rings. The molecule has 0 radical (unpaired) electrons. The number of methoxy groups -OCH3 is 1. The molecule has 24 heavy (non-hydrogen) atoms. The fourth-order valence-corrected chi connectivity index (χ4v) is 2.46. The lowest BCUT2D eigenvalue weighted by atomic mass is 10.1. The minimum absolute atomic E-state index is 0.0450. The van der Waals surface area contributed by atoms with Gasteiger partial charge in [-0.05, 0) is 43.9 Å². The summed E-state index contributed by atoms with van der Waals surface area (Å²) in [5.74, 6) is 1.52. The quantitative estimate of drug-likeness (QED) is 0.717. The van der Waals surface area contributed by atoms with Crippen molar-refractivity contribution < 1.29 is 13.9 Å². The first-order valence-electron chi connectivity index (χ1n) is 8.45. The number of amides is 1. The highest BCUT2D eigenvalue weighted by atomic mass is 16.5.